The Kier molecular flexibility index (Phi) is 7.99. The van der Waals surface area contributed by atoms with Crippen LogP contribution in [0.3, 0.4) is 0 Å². The summed E-state index contributed by atoms with van der Waals surface area (Å²) in [7, 11) is -3.27. The minimum Gasteiger partial charge on any atom is -0.445 e. The van der Waals surface area contributed by atoms with Gasteiger partial charge in [-0.05, 0) is 37.7 Å². The van der Waals surface area contributed by atoms with Crippen molar-refractivity contribution in [3.63, 3.8) is 0 Å². The molecule has 0 aromatic heterocycles. The van der Waals surface area contributed by atoms with Crippen LogP contribution >= 0.6 is 11.6 Å². The molecule has 140 valence electrons. The van der Waals surface area contributed by atoms with Crippen LogP contribution < -0.4 is 10.0 Å². The highest BCUT2D eigenvalue weighted by molar-refractivity contribution is 7.89. The number of carbonyl (C=O) groups excluding carboxylic acids is 1. The minimum atomic E-state index is -3.27. The van der Waals surface area contributed by atoms with E-state index in [4.69, 9.17) is 16.3 Å². The first kappa shape index (κ1) is 20.0. The van der Waals surface area contributed by atoms with E-state index in [1.807, 2.05) is 30.3 Å². The molecular formula is C17H25ClN2O4S. The second kappa shape index (κ2) is 9.99. The molecule has 1 saturated carbocycles. The van der Waals surface area contributed by atoms with Crippen LogP contribution in [-0.4, -0.2) is 38.2 Å². The van der Waals surface area contributed by atoms with E-state index in [0.717, 1.165) is 18.4 Å². The third-order valence-corrected chi connectivity index (χ3v) is 5.94. The second-order valence-electron chi connectivity index (χ2n) is 6.23. The molecule has 1 amide bonds. The molecule has 6 nitrogen and oxygen atoms in total. The molecule has 25 heavy (non-hydrogen) atoms. The van der Waals surface area contributed by atoms with E-state index in [0.29, 0.717) is 25.1 Å². The van der Waals surface area contributed by atoms with Gasteiger partial charge in [-0.25, -0.2) is 17.9 Å². The van der Waals surface area contributed by atoms with Crippen molar-refractivity contribution in [3.8, 4) is 0 Å². The van der Waals surface area contributed by atoms with Gasteiger partial charge in [-0.3, -0.25) is 0 Å². The third-order valence-electron chi connectivity index (χ3n) is 4.15. The van der Waals surface area contributed by atoms with Crippen molar-refractivity contribution < 1.29 is 17.9 Å². The molecule has 0 bridgehead atoms. The monoisotopic (exact) mass is 388 g/mol. The van der Waals surface area contributed by atoms with E-state index < -0.39 is 16.1 Å². The van der Waals surface area contributed by atoms with Gasteiger partial charge in [0, 0.05) is 18.0 Å². The van der Waals surface area contributed by atoms with Gasteiger partial charge in [0.1, 0.15) is 6.61 Å². The summed E-state index contributed by atoms with van der Waals surface area (Å²) in [5, 5.41) is 2.85. The maximum absolute atomic E-state index is 11.9. The smallest absolute Gasteiger partial charge is 0.407 e. The van der Waals surface area contributed by atoms with Crippen LogP contribution in [0.25, 0.3) is 0 Å². The first-order valence-corrected chi connectivity index (χ1v) is 10.7. The van der Waals surface area contributed by atoms with E-state index in [2.05, 4.69) is 10.0 Å². The number of amides is 1. The van der Waals surface area contributed by atoms with Crippen LogP contribution in [0.2, 0.25) is 0 Å². The normalized spacial score (nSPS) is 20.8. The third kappa shape index (κ3) is 7.63. The molecule has 0 spiro atoms. The van der Waals surface area contributed by atoms with Crippen molar-refractivity contribution in [2.24, 2.45) is 0 Å². The van der Waals surface area contributed by atoms with E-state index in [-0.39, 0.29) is 24.4 Å². The van der Waals surface area contributed by atoms with Gasteiger partial charge >= 0.3 is 6.09 Å². The number of hydrogen-bond donors (Lipinski definition) is 2. The van der Waals surface area contributed by atoms with Crippen molar-refractivity contribution in [2.75, 3.05) is 11.6 Å². The van der Waals surface area contributed by atoms with Gasteiger partial charge in [-0.1, -0.05) is 30.3 Å². The molecule has 0 heterocycles. The van der Waals surface area contributed by atoms with E-state index >= 15 is 0 Å². The van der Waals surface area contributed by atoms with Crippen molar-refractivity contribution in [1.82, 2.24) is 10.0 Å². The Balaban J connectivity index is 1.67. The van der Waals surface area contributed by atoms with Crippen LogP contribution in [0.1, 0.15) is 37.7 Å². The Morgan fingerprint density at radius 1 is 1.12 bits per heavy atom. The van der Waals surface area contributed by atoms with Gasteiger partial charge in [-0.15, -0.1) is 11.6 Å². The maximum atomic E-state index is 11.9. The summed E-state index contributed by atoms with van der Waals surface area (Å²) in [5.41, 5.74) is 0.938. The molecule has 0 aliphatic heterocycles. The maximum Gasteiger partial charge on any atom is 0.407 e. The van der Waals surface area contributed by atoms with Gasteiger partial charge in [0.2, 0.25) is 10.0 Å². The van der Waals surface area contributed by atoms with Gasteiger partial charge in [0.15, 0.2) is 0 Å². The number of benzene rings is 1. The Morgan fingerprint density at radius 2 is 1.76 bits per heavy atom. The quantitative estimate of drug-likeness (QED) is 0.670. The number of alkyl carbamates (subject to hydrolysis) is 1. The van der Waals surface area contributed by atoms with Gasteiger partial charge < -0.3 is 10.1 Å². The van der Waals surface area contributed by atoms with Crippen LogP contribution in [0.15, 0.2) is 30.3 Å². The lowest BCUT2D eigenvalue weighted by Crippen LogP contribution is -2.44. The predicted octanol–water partition coefficient (Wildman–Crippen LogP) is 2.77. The number of rotatable bonds is 8. The fourth-order valence-corrected chi connectivity index (χ4v) is 4.52. The van der Waals surface area contributed by atoms with Gasteiger partial charge in [0.05, 0.1) is 5.75 Å². The zero-order valence-electron chi connectivity index (χ0n) is 14.1. The summed E-state index contributed by atoms with van der Waals surface area (Å²) in [6.07, 6.45) is 2.86. The number of halogens is 1. The Labute approximate surface area is 154 Å². The van der Waals surface area contributed by atoms with Crippen molar-refractivity contribution >= 4 is 27.7 Å². The number of hydrogen-bond acceptors (Lipinski definition) is 4. The summed E-state index contributed by atoms with van der Waals surface area (Å²) in [5.74, 6) is 0.392. The molecule has 2 N–H and O–H groups in total. The first-order valence-electron chi connectivity index (χ1n) is 8.51. The largest absolute Gasteiger partial charge is 0.445 e. The molecule has 0 radical (unpaired) electrons. The molecular weight excluding hydrogens is 364 g/mol. The lowest BCUT2D eigenvalue weighted by Gasteiger charge is -2.29. The zero-order chi connectivity index (χ0) is 18.1. The Morgan fingerprint density at radius 3 is 2.40 bits per heavy atom. The fourth-order valence-electron chi connectivity index (χ4n) is 2.84. The van der Waals surface area contributed by atoms with Gasteiger partial charge in [0.25, 0.3) is 0 Å². The highest BCUT2D eigenvalue weighted by Crippen LogP contribution is 2.19. The molecule has 1 aliphatic carbocycles. The molecule has 0 saturated heterocycles. The van der Waals surface area contributed by atoms with Crippen LogP contribution in [0.4, 0.5) is 4.79 Å². The number of carbonyl (C=O) groups is 1. The van der Waals surface area contributed by atoms with Crippen LogP contribution in [0, 0.1) is 0 Å². The average Bonchev–Trinajstić information content (AvgIpc) is 2.61. The van der Waals surface area contributed by atoms with Gasteiger partial charge in [-0.2, -0.15) is 0 Å². The summed E-state index contributed by atoms with van der Waals surface area (Å²) >= 11 is 5.54. The summed E-state index contributed by atoms with van der Waals surface area (Å²) in [4.78, 5) is 11.9. The minimum absolute atomic E-state index is 0.0202. The standard InChI is InChI=1S/C17H25ClN2O4S/c18-11-4-12-25(22,23)20-16-9-7-15(8-10-16)19-17(21)24-13-14-5-2-1-3-6-14/h1-3,5-6,15-16,20H,4,7-13H2,(H,19,21)/t15-,16-. The average molecular weight is 389 g/mol. The molecule has 1 fully saturated rings. The highest BCUT2D eigenvalue weighted by Gasteiger charge is 2.25. The predicted molar refractivity (Wildman–Crippen MR) is 98.1 cm³/mol. The molecule has 2 rings (SSSR count). The molecule has 1 aliphatic rings. The van der Waals surface area contributed by atoms with E-state index in [9.17, 15) is 13.2 Å². The van der Waals surface area contributed by atoms with Crippen LogP contribution in [-0.2, 0) is 21.4 Å². The number of nitrogens with one attached hydrogen (secondary N) is 2. The fraction of sp³-hybridized carbons (Fsp3) is 0.588. The van der Waals surface area contributed by atoms with E-state index in [1.54, 1.807) is 0 Å². The Bertz CT molecular complexity index is 631. The molecule has 8 heteroatoms. The number of alkyl halides is 1. The molecule has 1 aromatic rings. The molecule has 1 aromatic carbocycles. The number of ether oxygens (including phenoxy) is 1. The summed E-state index contributed by atoms with van der Waals surface area (Å²) in [6.45, 7) is 0.238. The number of sulfonamides is 1. The summed E-state index contributed by atoms with van der Waals surface area (Å²) in [6, 6.07) is 9.44. The zero-order valence-corrected chi connectivity index (χ0v) is 15.7. The molecule has 0 atom stereocenters. The second-order valence-corrected chi connectivity index (χ2v) is 8.49. The van der Waals surface area contributed by atoms with Crippen LogP contribution in [0.5, 0.6) is 0 Å². The lowest BCUT2D eigenvalue weighted by molar-refractivity contribution is 0.132. The lowest BCUT2D eigenvalue weighted by atomic mass is 9.92. The first-order chi connectivity index (χ1) is 12.0. The topological polar surface area (TPSA) is 84.5 Å². The molecule has 0 unspecified atom stereocenters. The van der Waals surface area contributed by atoms with Crippen molar-refractivity contribution in [3.05, 3.63) is 35.9 Å². The van der Waals surface area contributed by atoms with Crippen molar-refractivity contribution in [1.29, 1.82) is 0 Å². The highest BCUT2D eigenvalue weighted by atomic mass is 35.5. The summed E-state index contributed by atoms with van der Waals surface area (Å²) < 4.78 is 31.7. The SMILES string of the molecule is O=C(N[C@H]1CC[C@H](NS(=O)(=O)CCCCl)CC1)OCc1ccccc1. The van der Waals surface area contributed by atoms with E-state index in [1.165, 1.54) is 0 Å². The van der Waals surface area contributed by atoms with Crippen molar-refractivity contribution in [2.45, 2.75) is 50.8 Å². The Hall–Kier alpha value is -1.31.